The number of ether oxygens (including phenoxy) is 1. The van der Waals surface area contributed by atoms with E-state index in [1.807, 2.05) is 31.3 Å². The van der Waals surface area contributed by atoms with Crippen molar-refractivity contribution in [3.63, 3.8) is 0 Å². The standard InChI is InChI=1S/C16H21N3O2/c1-17-14-8-4-7-13(14)16-18-15(19-21-16)10-11-5-3-6-12(9-11)20-2/h3,5-6,9,13-14,17H,4,7-8,10H2,1-2H3. The van der Waals surface area contributed by atoms with Gasteiger partial charge in [-0.1, -0.05) is 23.7 Å². The summed E-state index contributed by atoms with van der Waals surface area (Å²) >= 11 is 0. The number of nitrogens with one attached hydrogen (secondary N) is 1. The average molecular weight is 287 g/mol. The van der Waals surface area contributed by atoms with Gasteiger partial charge in [0, 0.05) is 12.5 Å². The first-order valence-corrected chi connectivity index (χ1v) is 7.43. The molecule has 21 heavy (non-hydrogen) atoms. The largest absolute Gasteiger partial charge is 0.497 e. The van der Waals surface area contributed by atoms with Crippen LogP contribution in [0, 0.1) is 0 Å². The van der Waals surface area contributed by atoms with Crippen LogP contribution in [-0.4, -0.2) is 30.3 Å². The third-order valence-electron chi connectivity index (χ3n) is 4.18. The molecule has 0 aliphatic heterocycles. The van der Waals surface area contributed by atoms with Crippen molar-refractivity contribution in [1.82, 2.24) is 15.5 Å². The van der Waals surface area contributed by atoms with Crippen LogP contribution in [0.3, 0.4) is 0 Å². The zero-order chi connectivity index (χ0) is 14.7. The van der Waals surface area contributed by atoms with Crippen LogP contribution >= 0.6 is 0 Å². The van der Waals surface area contributed by atoms with Crippen molar-refractivity contribution in [3.05, 3.63) is 41.5 Å². The monoisotopic (exact) mass is 287 g/mol. The van der Waals surface area contributed by atoms with E-state index < -0.39 is 0 Å². The first-order valence-electron chi connectivity index (χ1n) is 7.43. The molecule has 5 heteroatoms. The van der Waals surface area contributed by atoms with Crippen molar-refractivity contribution in [1.29, 1.82) is 0 Å². The number of rotatable bonds is 5. The van der Waals surface area contributed by atoms with Crippen molar-refractivity contribution in [2.75, 3.05) is 14.2 Å². The third kappa shape index (κ3) is 3.08. The zero-order valence-electron chi connectivity index (χ0n) is 12.5. The summed E-state index contributed by atoms with van der Waals surface area (Å²) in [5, 5.41) is 7.47. The average Bonchev–Trinajstić information content (AvgIpc) is 3.15. The van der Waals surface area contributed by atoms with Crippen LogP contribution in [0.15, 0.2) is 28.8 Å². The van der Waals surface area contributed by atoms with Gasteiger partial charge in [-0.2, -0.15) is 4.98 Å². The SMILES string of the molecule is CNC1CCCC1c1nc(Cc2cccc(OC)c2)no1. The number of likely N-dealkylation sites (N-methyl/N-ethyl adjacent to an activating group) is 1. The second-order valence-corrected chi connectivity index (χ2v) is 5.51. The number of hydrogen-bond acceptors (Lipinski definition) is 5. The minimum Gasteiger partial charge on any atom is -0.497 e. The van der Waals surface area contributed by atoms with Gasteiger partial charge >= 0.3 is 0 Å². The molecule has 1 aliphatic rings. The molecule has 1 aromatic carbocycles. The molecule has 0 bridgehead atoms. The summed E-state index contributed by atoms with van der Waals surface area (Å²) in [6.07, 6.45) is 4.17. The Morgan fingerprint density at radius 2 is 2.29 bits per heavy atom. The minimum atomic E-state index is 0.349. The molecule has 0 radical (unpaired) electrons. The number of aromatic nitrogens is 2. The molecule has 0 amide bonds. The number of benzene rings is 1. The van der Waals surface area contributed by atoms with Gasteiger partial charge in [0.25, 0.3) is 0 Å². The summed E-state index contributed by atoms with van der Waals surface area (Å²) in [4.78, 5) is 4.58. The molecule has 1 aromatic heterocycles. The zero-order valence-corrected chi connectivity index (χ0v) is 12.5. The smallest absolute Gasteiger partial charge is 0.231 e. The Kier molecular flexibility index (Phi) is 4.20. The van der Waals surface area contributed by atoms with Crippen molar-refractivity contribution in [2.24, 2.45) is 0 Å². The lowest BCUT2D eigenvalue weighted by molar-refractivity contribution is 0.332. The van der Waals surface area contributed by atoms with Crippen molar-refractivity contribution in [3.8, 4) is 5.75 Å². The summed E-state index contributed by atoms with van der Waals surface area (Å²) in [5.41, 5.74) is 1.12. The van der Waals surface area contributed by atoms with Crippen LogP contribution in [0.25, 0.3) is 0 Å². The maximum Gasteiger partial charge on any atom is 0.231 e. The van der Waals surface area contributed by atoms with E-state index in [0.717, 1.165) is 29.4 Å². The highest BCUT2D eigenvalue weighted by Crippen LogP contribution is 2.33. The highest BCUT2D eigenvalue weighted by atomic mass is 16.5. The fourth-order valence-electron chi connectivity index (χ4n) is 3.06. The minimum absolute atomic E-state index is 0.349. The summed E-state index contributed by atoms with van der Waals surface area (Å²) in [7, 11) is 3.67. The Labute approximate surface area is 124 Å². The second kappa shape index (κ2) is 6.26. The third-order valence-corrected chi connectivity index (χ3v) is 4.18. The fourth-order valence-corrected chi connectivity index (χ4v) is 3.06. The molecule has 2 unspecified atom stereocenters. The van der Waals surface area contributed by atoms with Crippen molar-refractivity contribution in [2.45, 2.75) is 37.6 Å². The first kappa shape index (κ1) is 14.1. The highest BCUT2D eigenvalue weighted by Gasteiger charge is 2.31. The van der Waals surface area contributed by atoms with Gasteiger partial charge in [0.15, 0.2) is 5.82 Å². The van der Waals surface area contributed by atoms with Crippen molar-refractivity contribution < 1.29 is 9.26 Å². The first-order chi connectivity index (χ1) is 10.3. The molecule has 0 spiro atoms. The van der Waals surface area contributed by atoms with Crippen LogP contribution in [-0.2, 0) is 6.42 Å². The van der Waals surface area contributed by atoms with E-state index in [1.54, 1.807) is 7.11 Å². The molecule has 2 atom stereocenters. The van der Waals surface area contributed by atoms with Gasteiger partial charge in [0.1, 0.15) is 5.75 Å². The quantitative estimate of drug-likeness (QED) is 0.915. The van der Waals surface area contributed by atoms with Gasteiger partial charge < -0.3 is 14.6 Å². The van der Waals surface area contributed by atoms with Gasteiger partial charge in [-0.15, -0.1) is 0 Å². The van der Waals surface area contributed by atoms with E-state index in [1.165, 1.54) is 12.8 Å². The molecule has 5 nitrogen and oxygen atoms in total. The van der Waals surface area contributed by atoms with Crippen LogP contribution in [0.1, 0.15) is 42.5 Å². The number of nitrogens with zero attached hydrogens (tertiary/aromatic N) is 2. The summed E-state index contributed by atoms with van der Waals surface area (Å²) < 4.78 is 10.7. The van der Waals surface area contributed by atoms with Gasteiger partial charge in [-0.25, -0.2) is 0 Å². The van der Waals surface area contributed by atoms with Crippen LogP contribution in [0.5, 0.6) is 5.75 Å². The van der Waals surface area contributed by atoms with Gasteiger partial charge in [-0.3, -0.25) is 0 Å². The molecule has 2 aromatic rings. The number of methoxy groups -OCH3 is 1. The summed E-state index contributed by atoms with van der Waals surface area (Å²) in [6, 6.07) is 8.41. The Hall–Kier alpha value is -1.88. The van der Waals surface area contributed by atoms with Crippen LogP contribution < -0.4 is 10.1 Å². The van der Waals surface area contributed by atoms with E-state index in [9.17, 15) is 0 Å². The molecule has 3 rings (SSSR count). The molecule has 1 saturated carbocycles. The fraction of sp³-hybridized carbons (Fsp3) is 0.500. The van der Waals surface area contributed by atoms with E-state index >= 15 is 0 Å². The lowest BCUT2D eigenvalue weighted by atomic mass is 10.0. The maximum absolute atomic E-state index is 5.48. The predicted molar refractivity (Wildman–Crippen MR) is 79.5 cm³/mol. The second-order valence-electron chi connectivity index (χ2n) is 5.51. The molecular weight excluding hydrogens is 266 g/mol. The van der Waals surface area contributed by atoms with Gasteiger partial charge in [0.05, 0.1) is 13.0 Å². The Balaban J connectivity index is 1.72. The molecule has 1 aliphatic carbocycles. The highest BCUT2D eigenvalue weighted by molar-refractivity contribution is 5.30. The lowest BCUT2D eigenvalue weighted by Gasteiger charge is -2.14. The molecule has 1 fully saturated rings. The van der Waals surface area contributed by atoms with E-state index in [0.29, 0.717) is 18.4 Å². The Morgan fingerprint density at radius 1 is 1.38 bits per heavy atom. The van der Waals surface area contributed by atoms with Crippen molar-refractivity contribution >= 4 is 0 Å². The topological polar surface area (TPSA) is 60.2 Å². The Bertz CT molecular complexity index is 597. The predicted octanol–water partition coefficient (Wildman–Crippen LogP) is 2.52. The summed E-state index contributed by atoms with van der Waals surface area (Å²) in [5.74, 6) is 2.70. The molecular formula is C16H21N3O2. The summed E-state index contributed by atoms with van der Waals surface area (Å²) in [6.45, 7) is 0. The maximum atomic E-state index is 5.48. The molecule has 112 valence electrons. The normalized spacial score (nSPS) is 21.6. The van der Waals surface area contributed by atoms with E-state index in [4.69, 9.17) is 9.26 Å². The molecule has 0 saturated heterocycles. The van der Waals surface area contributed by atoms with Crippen LogP contribution in [0.2, 0.25) is 0 Å². The molecule has 1 N–H and O–H groups in total. The van der Waals surface area contributed by atoms with Gasteiger partial charge in [-0.05, 0) is 37.6 Å². The van der Waals surface area contributed by atoms with Crippen LogP contribution in [0.4, 0.5) is 0 Å². The van der Waals surface area contributed by atoms with E-state index in [2.05, 4.69) is 15.5 Å². The van der Waals surface area contributed by atoms with E-state index in [-0.39, 0.29) is 0 Å². The number of hydrogen-bond donors (Lipinski definition) is 1. The van der Waals surface area contributed by atoms with Gasteiger partial charge in [0.2, 0.25) is 5.89 Å². The Morgan fingerprint density at radius 3 is 3.10 bits per heavy atom. The lowest BCUT2D eigenvalue weighted by Crippen LogP contribution is -2.27. The molecule has 1 heterocycles.